The highest BCUT2D eigenvalue weighted by atomic mass is 14.6. The van der Waals surface area contributed by atoms with Crippen molar-refractivity contribution in [3.63, 3.8) is 0 Å². The molecule has 14 heavy (non-hydrogen) atoms. The predicted molar refractivity (Wildman–Crippen MR) is 63.0 cm³/mol. The van der Waals surface area contributed by atoms with Gasteiger partial charge in [0.25, 0.3) is 0 Å². The summed E-state index contributed by atoms with van der Waals surface area (Å²) in [7, 11) is 0. The maximum Gasteiger partial charge on any atom is 0.00388 e. The van der Waals surface area contributed by atoms with E-state index in [4.69, 9.17) is 17.2 Å². The molecule has 0 aromatic heterocycles. The molecule has 0 amide bonds. The second-order valence-corrected chi connectivity index (χ2v) is 4.04. The SMILES string of the molecule is NCCCCCCC(N)CCCCN. The molecule has 3 nitrogen and oxygen atoms in total. The molecule has 0 saturated carbocycles. The molecular formula is C11H27N3. The lowest BCUT2D eigenvalue weighted by atomic mass is 10.0. The van der Waals surface area contributed by atoms with Crippen molar-refractivity contribution in [1.82, 2.24) is 0 Å². The van der Waals surface area contributed by atoms with Gasteiger partial charge in [-0.1, -0.05) is 25.7 Å². The summed E-state index contributed by atoms with van der Waals surface area (Å²) in [5.41, 5.74) is 16.8. The first-order valence-corrected chi connectivity index (χ1v) is 5.97. The lowest BCUT2D eigenvalue weighted by molar-refractivity contribution is 0.499. The first-order valence-electron chi connectivity index (χ1n) is 5.97. The van der Waals surface area contributed by atoms with E-state index in [1.54, 1.807) is 0 Å². The minimum Gasteiger partial charge on any atom is -0.330 e. The van der Waals surface area contributed by atoms with E-state index < -0.39 is 0 Å². The van der Waals surface area contributed by atoms with Crippen LogP contribution in [0.1, 0.15) is 51.4 Å². The molecule has 0 spiro atoms. The first-order chi connectivity index (χ1) is 6.81. The summed E-state index contributed by atoms with van der Waals surface area (Å²) in [6.45, 7) is 1.62. The Kier molecular flexibility index (Phi) is 10.9. The molecule has 0 saturated heterocycles. The molecule has 0 aliphatic carbocycles. The zero-order valence-electron chi connectivity index (χ0n) is 9.38. The Balaban J connectivity index is 3.06. The van der Waals surface area contributed by atoms with Crippen LogP contribution in [0.3, 0.4) is 0 Å². The Labute approximate surface area is 88.4 Å². The van der Waals surface area contributed by atoms with Gasteiger partial charge in [-0.2, -0.15) is 0 Å². The van der Waals surface area contributed by atoms with Gasteiger partial charge in [-0.05, 0) is 38.8 Å². The molecule has 0 aromatic carbocycles. The van der Waals surface area contributed by atoms with Gasteiger partial charge in [-0.25, -0.2) is 0 Å². The summed E-state index contributed by atoms with van der Waals surface area (Å²) < 4.78 is 0. The molecule has 3 heteroatoms. The van der Waals surface area contributed by atoms with Gasteiger partial charge in [-0.3, -0.25) is 0 Å². The number of unbranched alkanes of at least 4 members (excludes halogenated alkanes) is 4. The first kappa shape index (κ1) is 13.9. The Morgan fingerprint density at radius 2 is 1.07 bits per heavy atom. The predicted octanol–water partition coefficient (Wildman–Crippen LogP) is 1.35. The topological polar surface area (TPSA) is 78.1 Å². The van der Waals surface area contributed by atoms with Crippen LogP contribution in [-0.4, -0.2) is 19.1 Å². The highest BCUT2D eigenvalue weighted by Crippen LogP contribution is 2.08. The van der Waals surface area contributed by atoms with E-state index in [2.05, 4.69) is 0 Å². The highest BCUT2D eigenvalue weighted by Gasteiger charge is 2.01. The zero-order valence-corrected chi connectivity index (χ0v) is 9.38. The van der Waals surface area contributed by atoms with Crippen LogP contribution in [0.25, 0.3) is 0 Å². The normalized spacial score (nSPS) is 13.1. The number of rotatable bonds is 10. The van der Waals surface area contributed by atoms with Crippen molar-refractivity contribution in [2.75, 3.05) is 13.1 Å². The van der Waals surface area contributed by atoms with E-state index in [1.165, 1.54) is 25.7 Å². The summed E-state index contributed by atoms with van der Waals surface area (Å²) >= 11 is 0. The second-order valence-electron chi connectivity index (χ2n) is 4.04. The van der Waals surface area contributed by atoms with Crippen LogP contribution in [0.2, 0.25) is 0 Å². The molecule has 1 unspecified atom stereocenters. The van der Waals surface area contributed by atoms with Gasteiger partial charge >= 0.3 is 0 Å². The fraction of sp³-hybridized carbons (Fsp3) is 1.00. The Morgan fingerprint density at radius 1 is 0.643 bits per heavy atom. The fourth-order valence-electron chi connectivity index (χ4n) is 1.60. The minimum absolute atomic E-state index is 0.388. The molecule has 0 bridgehead atoms. The van der Waals surface area contributed by atoms with Gasteiger partial charge in [0.2, 0.25) is 0 Å². The van der Waals surface area contributed by atoms with Crippen LogP contribution in [0.15, 0.2) is 0 Å². The number of hydrogen-bond donors (Lipinski definition) is 3. The van der Waals surface area contributed by atoms with Crippen molar-refractivity contribution >= 4 is 0 Å². The van der Waals surface area contributed by atoms with Crippen molar-refractivity contribution in [3.8, 4) is 0 Å². The maximum absolute atomic E-state index is 5.96. The Bertz CT molecular complexity index is 107. The molecule has 0 aliphatic heterocycles. The standard InChI is InChI=1S/C11H27N3/c12-9-5-2-1-3-7-11(14)8-4-6-10-13/h11H,1-10,12-14H2. The highest BCUT2D eigenvalue weighted by molar-refractivity contribution is 4.61. The van der Waals surface area contributed by atoms with E-state index >= 15 is 0 Å². The van der Waals surface area contributed by atoms with E-state index in [0.29, 0.717) is 6.04 Å². The minimum atomic E-state index is 0.388. The molecule has 0 fully saturated rings. The van der Waals surface area contributed by atoms with Crippen molar-refractivity contribution in [1.29, 1.82) is 0 Å². The van der Waals surface area contributed by atoms with E-state index in [1.807, 2.05) is 0 Å². The van der Waals surface area contributed by atoms with Gasteiger partial charge in [0.05, 0.1) is 0 Å². The fourth-order valence-corrected chi connectivity index (χ4v) is 1.60. The summed E-state index contributed by atoms with van der Waals surface area (Å²) in [5.74, 6) is 0. The summed E-state index contributed by atoms with van der Waals surface area (Å²) in [4.78, 5) is 0. The Hall–Kier alpha value is -0.120. The monoisotopic (exact) mass is 201 g/mol. The molecule has 0 heterocycles. The van der Waals surface area contributed by atoms with E-state index in [9.17, 15) is 0 Å². The maximum atomic E-state index is 5.96. The van der Waals surface area contributed by atoms with E-state index in [-0.39, 0.29) is 0 Å². The third-order valence-electron chi connectivity index (χ3n) is 2.56. The average molecular weight is 201 g/mol. The molecule has 0 aromatic rings. The molecule has 1 atom stereocenters. The molecule has 6 N–H and O–H groups in total. The smallest absolute Gasteiger partial charge is 0.00388 e. The Morgan fingerprint density at radius 3 is 1.64 bits per heavy atom. The van der Waals surface area contributed by atoms with Crippen molar-refractivity contribution < 1.29 is 0 Å². The molecule has 0 aliphatic rings. The van der Waals surface area contributed by atoms with Gasteiger partial charge in [-0.15, -0.1) is 0 Å². The average Bonchev–Trinajstić information content (AvgIpc) is 2.18. The number of hydrogen-bond acceptors (Lipinski definition) is 3. The van der Waals surface area contributed by atoms with Gasteiger partial charge in [0, 0.05) is 6.04 Å². The molecule has 0 rings (SSSR count). The van der Waals surface area contributed by atoms with Crippen LogP contribution in [-0.2, 0) is 0 Å². The van der Waals surface area contributed by atoms with Crippen LogP contribution < -0.4 is 17.2 Å². The summed E-state index contributed by atoms with van der Waals surface area (Å²) in [6.07, 6.45) is 9.53. The third kappa shape index (κ3) is 9.96. The van der Waals surface area contributed by atoms with Crippen molar-refractivity contribution in [2.45, 2.75) is 57.4 Å². The van der Waals surface area contributed by atoms with Gasteiger partial charge in [0.1, 0.15) is 0 Å². The van der Waals surface area contributed by atoms with Gasteiger partial charge in [0.15, 0.2) is 0 Å². The second kappa shape index (κ2) is 11.0. The van der Waals surface area contributed by atoms with Crippen molar-refractivity contribution in [3.05, 3.63) is 0 Å². The quantitative estimate of drug-likeness (QED) is 0.467. The van der Waals surface area contributed by atoms with E-state index in [0.717, 1.165) is 38.8 Å². The molecule has 0 radical (unpaired) electrons. The summed E-state index contributed by atoms with van der Waals surface area (Å²) in [5, 5.41) is 0. The number of nitrogens with two attached hydrogens (primary N) is 3. The third-order valence-corrected chi connectivity index (χ3v) is 2.56. The zero-order chi connectivity index (χ0) is 10.6. The van der Waals surface area contributed by atoms with Crippen LogP contribution in [0.5, 0.6) is 0 Å². The van der Waals surface area contributed by atoms with Gasteiger partial charge < -0.3 is 17.2 Å². The van der Waals surface area contributed by atoms with Crippen molar-refractivity contribution in [2.24, 2.45) is 17.2 Å². The van der Waals surface area contributed by atoms with Crippen LogP contribution in [0, 0.1) is 0 Å². The van der Waals surface area contributed by atoms with Crippen LogP contribution in [0.4, 0.5) is 0 Å². The summed E-state index contributed by atoms with van der Waals surface area (Å²) in [6, 6.07) is 0.388. The largest absolute Gasteiger partial charge is 0.330 e. The lowest BCUT2D eigenvalue weighted by Gasteiger charge is -2.10. The molecule has 86 valence electrons. The lowest BCUT2D eigenvalue weighted by Crippen LogP contribution is -2.19. The molecular weight excluding hydrogens is 174 g/mol. The van der Waals surface area contributed by atoms with Crippen LogP contribution >= 0.6 is 0 Å².